The van der Waals surface area contributed by atoms with Crippen LogP contribution in [-0.2, 0) is 11.2 Å². The van der Waals surface area contributed by atoms with Gasteiger partial charge in [-0.1, -0.05) is 18.2 Å². The molecule has 0 saturated heterocycles. The maximum Gasteiger partial charge on any atom is 0.265 e. The van der Waals surface area contributed by atoms with Crippen LogP contribution in [0.15, 0.2) is 42.5 Å². The lowest BCUT2D eigenvalue weighted by Gasteiger charge is -2.11. The van der Waals surface area contributed by atoms with Gasteiger partial charge in [-0.25, -0.2) is 8.78 Å². The zero-order valence-electron chi connectivity index (χ0n) is 10.4. The summed E-state index contributed by atoms with van der Waals surface area (Å²) in [7, 11) is 0. The van der Waals surface area contributed by atoms with Crippen molar-refractivity contribution in [2.45, 2.75) is 12.5 Å². The highest BCUT2D eigenvalue weighted by atomic mass is 19.1. The number of carbonyl (C=O) groups excluding carboxylic acids is 1. The molecule has 0 aliphatic carbocycles. The molecule has 0 unspecified atom stereocenters. The number of para-hydroxylation sites is 1. The topological polar surface area (TPSA) is 38.3 Å². The minimum Gasteiger partial charge on any atom is -0.480 e. The van der Waals surface area contributed by atoms with Gasteiger partial charge in [0.1, 0.15) is 17.4 Å². The number of hydrogen-bond acceptors (Lipinski definition) is 2. The molecule has 3 rings (SSSR count). The molecule has 0 saturated carbocycles. The molecule has 1 aliphatic rings. The Kier molecular flexibility index (Phi) is 3.10. The zero-order valence-corrected chi connectivity index (χ0v) is 10.4. The van der Waals surface area contributed by atoms with Crippen LogP contribution >= 0.6 is 0 Å². The third-order valence-electron chi connectivity index (χ3n) is 3.13. The van der Waals surface area contributed by atoms with Crippen LogP contribution in [-0.4, -0.2) is 12.0 Å². The van der Waals surface area contributed by atoms with Gasteiger partial charge in [0.05, 0.1) is 5.69 Å². The normalized spacial score (nSPS) is 16.4. The summed E-state index contributed by atoms with van der Waals surface area (Å²) in [5, 5.41) is 2.41. The number of halogens is 2. The molecule has 0 radical (unpaired) electrons. The first-order chi connectivity index (χ1) is 9.63. The molecular weight excluding hydrogens is 264 g/mol. The molecule has 0 bridgehead atoms. The van der Waals surface area contributed by atoms with Gasteiger partial charge in [0.15, 0.2) is 6.10 Å². The van der Waals surface area contributed by atoms with E-state index in [1.54, 1.807) is 6.07 Å². The second-order valence-corrected chi connectivity index (χ2v) is 4.53. The summed E-state index contributed by atoms with van der Waals surface area (Å²) in [5.74, 6) is -1.29. The number of benzene rings is 2. The predicted molar refractivity (Wildman–Crippen MR) is 69.5 cm³/mol. The van der Waals surface area contributed by atoms with Crippen LogP contribution in [0.3, 0.4) is 0 Å². The summed E-state index contributed by atoms with van der Waals surface area (Å²) in [6.07, 6.45) is -0.262. The Balaban J connectivity index is 1.72. The SMILES string of the molecule is O=C(Nc1ccc(F)cc1F)[C@H]1Cc2ccccc2O1. The fourth-order valence-electron chi connectivity index (χ4n) is 2.13. The minimum absolute atomic E-state index is 0.0593. The molecule has 1 heterocycles. The summed E-state index contributed by atoms with van der Waals surface area (Å²) >= 11 is 0. The van der Waals surface area contributed by atoms with Gasteiger partial charge in [-0.3, -0.25) is 4.79 Å². The summed E-state index contributed by atoms with van der Waals surface area (Å²) in [4.78, 5) is 12.0. The van der Waals surface area contributed by atoms with Crippen molar-refractivity contribution in [2.24, 2.45) is 0 Å². The highest BCUT2D eigenvalue weighted by molar-refractivity contribution is 5.95. The first-order valence-electron chi connectivity index (χ1n) is 6.14. The van der Waals surface area contributed by atoms with E-state index in [1.807, 2.05) is 18.2 Å². The van der Waals surface area contributed by atoms with Gasteiger partial charge in [-0.2, -0.15) is 0 Å². The molecule has 1 amide bonds. The fourth-order valence-corrected chi connectivity index (χ4v) is 2.13. The standard InChI is InChI=1S/C15H11F2NO2/c16-10-5-6-12(11(17)8-10)18-15(19)14-7-9-3-1-2-4-13(9)20-14/h1-6,8,14H,7H2,(H,18,19)/t14-/m1/s1. The van der Waals surface area contributed by atoms with E-state index in [4.69, 9.17) is 4.74 Å². The first-order valence-corrected chi connectivity index (χ1v) is 6.14. The second kappa shape index (κ2) is 4.92. The van der Waals surface area contributed by atoms with E-state index in [0.717, 1.165) is 17.7 Å². The average molecular weight is 275 g/mol. The molecule has 1 aliphatic heterocycles. The number of rotatable bonds is 2. The van der Waals surface area contributed by atoms with Crippen LogP contribution in [0.1, 0.15) is 5.56 Å². The number of hydrogen-bond donors (Lipinski definition) is 1. The molecule has 0 aromatic heterocycles. The molecule has 102 valence electrons. The van der Waals surface area contributed by atoms with Crippen LogP contribution < -0.4 is 10.1 Å². The third kappa shape index (κ3) is 2.34. The van der Waals surface area contributed by atoms with Crippen molar-refractivity contribution in [3.05, 3.63) is 59.7 Å². The van der Waals surface area contributed by atoms with Crippen molar-refractivity contribution >= 4 is 11.6 Å². The third-order valence-corrected chi connectivity index (χ3v) is 3.13. The molecule has 0 spiro atoms. The smallest absolute Gasteiger partial charge is 0.265 e. The van der Waals surface area contributed by atoms with Gasteiger partial charge < -0.3 is 10.1 Å². The van der Waals surface area contributed by atoms with E-state index < -0.39 is 23.6 Å². The van der Waals surface area contributed by atoms with E-state index >= 15 is 0 Å². The molecule has 1 atom stereocenters. The van der Waals surface area contributed by atoms with Gasteiger partial charge in [0.25, 0.3) is 5.91 Å². The molecule has 2 aromatic rings. The van der Waals surface area contributed by atoms with E-state index in [2.05, 4.69) is 5.32 Å². The van der Waals surface area contributed by atoms with Crippen LogP contribution in [0.25, 0.3) is 0 Å². The van der Waals surface area contributed by atoms with Crippen molar-refractivity contribution in [1.29, 1.82) is 0 Å². The highest BCUT2D eigenvalue weighted by Gasteiger charge is 2.29. The Morgan fingerprint density at radius 3 is 2.75 bits per heavy atom. The minimum atomic E-state index is -0.811. The van der Waals surface area contributed by atoms with E-state index in [9.17, 15) is 13.6 Å². The molecule has 5 heteroatoms. The molecule has 0 fully saturated rings. The summed E-state index contributed by atoms with van der Waals surface area (Å²) < 4.78 is 31.7. The number of fused-ring (bicyclic) bond motifs is 1. The van der Waals surface area contributed by atoms with E-state index in [-0.39, 0.29) is 5.69 Å². The maximum atomic E-state index is 13.5. The monoisotopic (exact) mass is 275 g/mol. The molecular formula is C15H11F2NO2. The zero-order chi connectivity index (χ0) is 14.1. The molecule has 20 heavy (non-hydrogen) atoms. The Bertz CT molecular complexity index is 648. The number of amides is 1. The van der Waals surface area contributed by atoms with Crippen molar-refractivity contribution in [3.8, 4) is 5.75 Å². The predicted octanol–water partition coefficient (Wildman–Crippen LogP) is 2.91. The summed E-state index contributed by atoms with van der Waals surface area (Å²) in [6, 6.07) is 10.3. The lowest BCUT2D eigenvalue weighted by Crippen LogP contribution is -2.31. The molecule has 1 N–H and O–H groups in total. The van der Waals surface area contributed by atoms with Gasteiger partial charge >= 0.3 is 0 Å². The number of anilines is 1. The van der Waals surface area contributed by atoms with E-state index in [0.29, 0.717) is 12.2 Å². The quantitative estimate of drug-likeness (QED) is 0.915. The van der Waals surface area contributed by atoms with Crippen molar-refractivity contribution in [3.63, 3.8) is 0 Å². The lowest BCUT2D eigenvalue weighted by atomic mass is 10.1. The average Bonchev–Trinajstić information content (AvgIpc) is 2.86. The molecule has 2 aromatic carbocycles. The Morgan fingerprint density at radius 2 is 2.00 bits per heavy atom. The second-order valence-electron chi connectivity index (χ2n) is 4.53. The Morgan fingerprint density at radius 1 is 1.20 bits per heavy atom. The van der Waals surface area contributed by atoms with Gasteiger partial charge in [0, 0.05) is 12.5 Å². The maximum absolute atomic E-state index is 13.5. The first kappa shape index (κ1) is 12.6. The van der Waals surface area contributed by atoms with Crippen LogP contribution in [0.4, 0.5) is 14.5 Å². The molecule has 3 nitrogen and oxygen atoms in total. The number of nitrogens with one attached hydrogen (secondary N) is 1. The number of carbonyl (C=O) groups is 1. The van der Waals surface area contributed by atoms with Crippen LogP contribution in [0.5, 0.6) is 5.75 Å². The fraction of sp³-hybridized carbons (Fsp3) is 0.133. The summed E-state index contributed by atoms with van der Waals surface area (Å²) in [5.41, 5.74) is 0.878. The van der Waals surface area contributed by atoms with Crippen LogP contribution in [0.2, 0.25) is 0 Å². The highest BCUT2D eigenvalue weighted by Crippen LogP contribution is 2.28. The van der Waals surface area contributed by atoms with Crippen LogP contribution in [0, 0.1) is 11.6 Å². The van der Waals surface area contributed by atoms with Gasteiger partial charge in [-0.05, 0) is 23.8 Å². The largest absolute Gasteiger partial charge is 0.480 e. The lowest BCUT2D eigenvalue weighted by molar-refractivity contribution is -0.122. The number of ether oxygens (including phenoxy) is 1. The Hall–Kier alpha value is -2.43. The summed E-state index contributed by atoms with van der Waals surface area (Å²) in [6.45, 7) is 0. The van der Waals surface area contributed by atoms with E-state index in [1.165, 1.54) is 6.07 Å². The Labute approximate surface area is 114 Å². The van der Waals surface area contributed by atoms with Crippen molar-refractivity contribution in [2.75, 3.05) is 5.32 Å². The van der Waals surface area contributed by atoms with Gasteiger partial charge in [0.2, 0.25) is 0 Å². The van der Waals surface area contributed by atoms with Crippen molar-refractivity contribution in [1.82, 2.24) is 0 Å². The van der Waals surface area contributed by atoms with Crippen molar-refractivity contribution < 1.29 is 18.3 Å². The van der Waals surface area contributed by atoms with Gasteiger partial charge in [-0.15, -0.1) is 0 Å².